The van der Waals surface area contributed by atoms with Crippen LogP contribution >= 0.6 is 11.6 Å². The van der Waals surface area contributed by atoms with E-state index in [1.54, 1.807) is 30.3 Å². The molecule has 0 saturated carbocycles. The summed E-state index contributed by atoms with van der Waals surface area (Å²) in [6, 6.07) is 13.6. The van der Waals surface area contributed by atoms with Gasteiger partial charge in [-0.1, -0.05) is 29.8 Å². The van der Waals surface area contributed by atoms with E-state index in [-0.39, 0.29) is 18.9 Å². The summed E-state index contributed by atoms with van der Waals surface area (Å²) in [7, 11) is 0. The maximum atomic E-state index is 13.7. The van der Waals surface area contributed by atoms with Crippen molar-refractivity contribution in [3.63, 3.8) is 0 Å². The molecule has 0 spiro atoms. The largest absolute Gasteiger partial charge is 0.489 e. The van der Waals surface area contributed by atoms with Gasteiger partial charge in [-0.15, -0.1) is 0 Å². The zero-order valence-electron chi connectivity index (χ0n) is 12.9. The number of carbonyl (C=O) groups is 1. The lowest BCUT2D eigenvalue weighted by molar-refractivity contribution is -0.120. The number of carbonyl (C=O) groups excluding carboxylic acids is 1. The van der Waals surface area contributed by atoms with E-state index >= 15 is 0 Å². The van der Waals surface area contributed by atoms with Crippen molar-refractivity contribution in [3.8, 4) is 11.8 Å². The van der Waals surface area contributed by atoms with E-state index in [2.05, 4.69) is 5.32 Å². The van der Waals surface area contributed by atoms with Crippen LogP contribution in [0.25, 0.3) is 0 Å². The highest BCUT2D eigenvalue weighted by Crippen LogP contribution is 2.21. The third-order valence-corrected chi connectivity index (χ3v) is 3.70. The van der Waals surface area contributed by atoms with Crippen LogP contribution in [0.3, 0.4) is 0 Å². The number of nitrogens with zero attached hydrogens (tertiary/aromatic N) is 1. The lowest BCUT2D eigenvalue weighted by Crippen LogP contribution is -2.24. The topological polar surface area (TPSA) is 62.1 Å². The van der Waals surface area contributed by atoms with E-state index < -0.39 is 5.82 Å². The molecule has 0 bridgehead atoms. The second-order valence-corrected chi connectivity index (χ2v) is 5.47. The van der Waals surface area contributed by atoms with Gasteiger partial charge in [0, 0.05) is 12.1 Å². The second-order valence-electron chi connectivity index (χ2n) is 5.07. The van der Waals surface area contributed by atoms with Gasteiger partial charge in [0.05, 0.1) is 11.1 Å². The Bertz CT molecular complexity index is 721. The fourth-order valence-corrected chi connectivity index (χ4v) is 2.28. The molecule has 2 aromatic carbocycles. The SMILES string of the molecule is N#CCC(=O)NCCc1ccc(OCc2c(F)cccc2Cl)cc1. The van der Waals surface area contributed by atoms with Crippen molar-refractivity contribution < 1.29 is 13.9 Å². The van der Waals surface area contributed by atoms with Crippen molar-refractivity contribution in [1.82, 2.24) is 5.32 Å². The first-order valence-corrected chi connectivity index (χ1v) is 7.76. The van der Waals surface area contributed by atoms with Crippen LogP contribution in [0.1, 0.15) is 17.5 Å². The molecular weight excluding hydrogens is 331 g/mol. The van der Waals surface area contributed by atoms with E-state index in [1.165, 1.54) is 6.07 Å². The Hall–Kier alpha value is -2.58. The van der Waals surface area contributed by atoms with Crippen molar-refractivity contribution in [3.05, 3.63) is 64.4 Å². The van der Waals surface area contributed by atoms with E-state index in [1.807, 2.05) is 12.1 Å². The van der Waals surface area contributed by atoms with Gasteiger partial charge in [0.15, 0.2) is 0 Å². The van der Waals surface area contributed by atoms with Crippen LogP contribution in [0, 0.1) is 17.1 Å². The molecule has 4 nitrogen and oxygen atoms in total. The molecule has 0 aromatic heterocycles. The number of nitrogens with one attached hydrogen (secondary N) is 1. The van der Waals surface area contributed by atoms with Crippen LogP contribution in [-0.2, 0) is 17.8 Å². The molecule has 0 aliphatic rings. The quantitative estimate of drug-likeness (QED) is 0.832. The first-order valence-electron chi connectivity index (χ1n) is 7.38. The number of hydrogen-bond donors (Lipinski definition) is 1. The molecular formula is C18H16ClFN2O2. The zero-order chi connectivity index (χ0) is 17.4. The molecule has 0 aliphatic carbocycles. The minimum absolute atomic E-state index is 0.0507. The van der Waals surface area contributed by atoms with E-state index in [9.17, 15) is 9.18 Å². The standard InChI is InChI=1S/C18H16ClFN2O2/c19-16-2-1-3-17(20)15(16)12-24-14-6-4-13(5-7-14)9-11-22-18(23)8-10-21/h1-7H,8-9,11-12H2,(H,22,23). The van der Waals surface area contributed by atoms with Gasteiger partial charge in [0.1, 0.15) is 24.6 Å². The molecule has 0 saturated heterocycles. The van der Waals surface area contributed by atoms with Crippen LogP contribution in [0.2, 0.25) is 5.02 Å². The summed E-state index contributed by atoms with van der Waals surface area (Å²) >= 11 is 5.95. The van der Waals surface area contributed by atoms with Gasteiger partial charge in [-0.2, -0.15) is 5.26 Å². The normalized spacial score (nSPS) is 10.0. The molecule has 0 unspecified atom stereocenters. The molecule has 0 heterocycles. The van der Waals surface area contributed by atoms with Crippen LogP contribution in [0.5, 0.6) is 5.75 Å². The van der Waals surface area contributed by atoms with Crippen molar-refractivity contribution in [2.24, 2.45) is 0 Å². The molecule has 2 rings (SSSR count). The average Bonchev–Trinajstić information content (AvgIpc) is 2.56. The molecule has 0 fully saturated rings. The highest BCUT2D eigenvalue weighted by atomic mass is 35.5. The molecule has 6 heteroatoms. The molecule has 1 N–H and O–H groups in total. The van der Waals surface area contributed by atoms with Crippen molar-refractivity contribution in [2.45, 2.75) is 19.4 Å². The summed E-state index contributed by atoms with van der Waals surface area (Å²) in [5.41, 5.74) is 1.34. The van der Waals surface area contributed by atoms with E-state index in [0.717, 1.165) is 5.56 Å². The number of benzene rings is 2. The molecule has 1 amide bonds. The van der Waals surface area contributed by atoms with Crippen molar-refractivity contribution >= 4 is 17.5 Å². The molecule has 24 heavy (non-hydrogen) atoms. The van der Waals surface area contributed by atoms with Crippen LogP contribution < -0.4 is 10.1 Å². The van der Waals surface area contributed by atoms with E-state index in [4.69, 9.17) is 21.6 Å². The first-order chi connectivity index (χ1) is 11.6. The number of rotatable bonds is 7. The number of ether oxygens (including phenoxy) is 1. The summed E-state index contributed by atoms with van der Waals surface area (Å²) in [6.45, 7) is 0.515. The van der Waals surface area contributed by atoms with Gasteiger partial charge in [0.2, 0.25) is 5.91 Å². The molecule has 0 radical (unpaired) electrons. The highest BCUT2D eigenvalue weighted by Gasteiger charge is 2.07. The Morgan fingerprint density at radius 1 is 1.25 bits per heavy atom. The van der Waals surface area contributed by atoms with Gasteiger partial charge >= 0.3 is 0 Å². The Morgan fingerprint density at radius 3 is 2.67 bits per heavy atom. The summed E-state index contributed by atoms with van der Waals surface area (Å²) in [6.07, 6.45) is 0.516. The maximum Gasteiger partial charge on any atom is 0.234 e. The van der Waals surface area contributed by atoms with Crippen LogP contribution in [-0.4, -0.2) is 12.5 Å². The molecule has 0 aliphatic heterocycles. The number of hydrogen-bond acceptors (Lipinski definition) is 3. The monoisotopic (exact) mass is 346 g/mol. The average molecular weight is 347 g/mol. The van der Waals surface area contributed by atoms with Gasteiger partial charge in [-0.05, 0) is 36.2 Å². The van der Waals surface area contributed by atoms with Gasteiger partial charge in [-0.25, -0.2) is 4.39 Å². The number of halogens is 2. The number of amides is 1. The van der Waals surface area contributed by atoms with Gasteiger partial charge in [-0.3, -0.25) is 4.79 Å². The maximum absolute atomic E-state index is 13.7. The van der Waals surface area contributed by atoms with Crippen molar-refractivity contribution in [1.29, 1.82) is 5.26 Å². The predicted octanol–water partition coefficient (Wildman–Crippen LogP) is 3.63. The molecule has 0 atom stereocenters. The lowest BCUT2D eigenvalue weighted by Gasteiger charge is -2.09. The fourth-order valence-electron chi connectivity index (χ4n) is 2.06. The summed E-state index contributed by atoms with van der Waals surface area (Å²) < 4.78 is 19.2. The zero-order valence-corrected chi connectivity index (χ0v) is 13.6. The Labute approximate surface area is 144 Å². The first kappa shape index (κ1) is 17.8. The summed E-state index contributed by atoms with van der Waals surface area (Å²) in [5, 5.41) is 11.4. The van der Waals surface area contributed by atoms with Crippen LogP contribution in [0.4, 0.5) is 4.39 Å². The fraction of sp³-hybridized carbons (Fsp3) is 0.222. The van der Waals surface area contributed by atoms with Gasteiger partial charge < -0.3 is 10.1 Å². The predicted molar refractivity (Wildman–Crippen MR) is 89.1 cm³/mol. The molecule has 124 valence electrons. The Morgan fingerprint density at radius 2 is 2.00 bits per heavy atom. The number of nitriles is 1. The molecule has 2 aromatic rings. The minimum Gasteiger partial charge on any atom is -0.489 e. The summed E-state index contributed by atoms with van der Waals surface area (Å²) in [5.74, 6) is -0.0713. The van der Waals surface area contributed by atoms with Gasteiger partial charge in [0.25, 0.3) is 0 Å². The van der Waals surface area contributed by atoms with Crippen molar-refractivity contribution in [2.75, 3.05) is 6.54 Å². The highest BCUT2D eigenvalue weighted by molar-refractivity contribution is 6.31. The summed E-state index contributed by atoms with van der Waals surface area (Å²) in [4.78, 5) is 11.2. The second kappa shape index (κ2) is 8.90. The van der Waals surface area contributed by atoms with E-state index in [0.29, 0.717) is 29.3 Å². The lowest BCUT2D eigenvalue weighted by atomic mass is 10.1. The smallest absolute Gasteiger partial charge is 0.234 e. The third-order valence-electron chi connectivity index (χ3n) is 3.34. The third kappa shape index (κ3) is 5.25. The minimum atomic E-state index is -0.396. The Kier molecular flexibility index (Phi) is 6.59. The van der Waals surface area contributed by atoms with Crippen LogP contribution in [0.15, 0.2) is 42.5 Å². The Balaban J connectivity index is 1.84.